The molecule has 1 aromatic heterocycles. The molecule has 3 heteroatoms. The summed E-state index contributed by atoms with van der Waals surface area (Å²) in [7, 11) is 2.22. The lowest BCUT2D eigenvalue weighted by Gasteiger charge is -2.23. The molecule has 0 aromatic carbocycles. The van der Waals surface area contributed by atoms with Gasteiger partial charge in [0.2, 0.25) is 0 Å². The van der Waals surface area contributed by atoms with Crippen molar-refractivity contribution in [3.05, 3.63) is 21.4 Å². The number of nitrogens with one attached hydrogen (secondary N) is 1. The average molecular weight is 268 g/mol. The van der Waals surface area contributed by atoms with Gasteiger partial charge in [0.15, 0.2) is 0 Å². The Balaban J connectivity index is 2.55. The maximum absolute atomic E-state index is 3.48. The Morgan fingerprint density at radius 3 is 2.72 bits per heavy atom. The zero-order valence-electron chi connectivity index (χ0n) is 12.5. The van der Waals surface area contributed by atoms with Crippen LogP contribution in [0.2, 0.25) is 0 Å². The molecule has 0 radical (unpaired) electrons. The first-order valence-electron chi connectivity index (χ1n) is 7.07. The minimum absolute atomic E-state index is 0.658. The summed E-state index contributed by atoms with van der Waals surface area (Å²) < 4.78 is 0. The van der Waals surface area contributed by atoms with Crippen molar-refractivity contribution in [1.29, 1.82) is 0 Å². The predicted molar refractivity (Wildman–Crippen MR) is 82.3 cm³/mol. The van der Waals surface area contributed by atoms with E-state index < -0.39 is 0 Å². The van der Waals surface area contributed by atoms with Crippen molar-refractivity contribution in [2.75, 3.05) is 13.6 Å². The Morgan fingerprint density at radius 1 is 1.39 bits per heavy atom. The van der Waals surface area contributed by atoms with Crippen LogP contribution in [0.25, 0.3) is 0 Å². The molecule has 0 aliphatic heterocycles. The summed E-state index contributed by atoms with van der Waals surface area (Å²) in [6.07, 6.45) is 2.42. The van der Waals surface area contributed by atoms with Crippen LogP contribution in [0, 0.1) is 6.92 Å². The highest BCUT2D eigenvalue weighted by molar-refractivity contribution is 7.12. The number of hydrogen-bond donors (Lipinski definition) is 1. The molecule has 0 amide bonds. The summed E-state index contributed by atoms with van der Waals surface area (Å²) in [5, 5.41) is 3.48. The molecule has 0 bridgehead atoms. The summed E-state index contributed by atoms with van der Waals surface area (Å²) >= 11 is 1.94. The lowest BCUT2D eigenvalue weighted by atomic mass is 10.2. The fourth-order valence-electron chi connectivity index (χ4n) is 1.96. The molecule has 1 N–H and O–H groups in total. The Kier molecular flexibility index (Phi) is 6.90. The second-order valence-corrected chi connectivity index (χ2v) is 6.48. The van der Waals surface area contributed by atoms with Gasteiger partial charge < -0.3 is 5.32 Å². The van der Waals surface area contributed by atoms with Gasteiger partial charge in [-0.15, -0.1) is 11.3 Å². The van der Waals surface area contributed by atoms with Gasteiger partial charge in [-0.25, -0.2) is 0 Å². The van der Waals surface area contributed by atoms with Crippen molar-refractivity contribution in [3.63, 3.8) is 0 Å². The summed E-state index contributed by atoms with van der Waals surface area (Å²) in [4.78, 5) is 5.38. The van der Waals surface area contributed by atoms with E-state index in [0.717, 1.165) is 19.6 Å². The van der Waals surface area contributed by atoms with Crippen LogP contribution >= 0.6 is 11.3 Å². The van der Waals surface area contributed by atoms with Gasteiger partial charge in [0.05, 0.1) is 0 Å². The van der Waals surface area contributed by atoms with Crippen LogP contribution in [0.3, 0.4) is 0 Å². The summed E-state index contributed by atoms with van der Waals surface area (Å²) in [5.41, 5.74) is 1.50. The molecule has 1 unspecified atom stereocenters. The van der Waals surface area contributed by atoms with Gasteiger partial charge in [-0.05, 0) is 51.9 Å². The van der Waals surface area contributed by atoms with E-state index in [1.165, 1.54) is 28.2 Å². The molecular formula is C15H28N2S. The van der Waals surface area contributed by atoms with Gasteiger partial charge >= 0.3 is 0 Å². The monoisotopic (exact) mass is 268 g/mol. The first-order chi connectivity index (χ1) is 8.58. The largest absolute Gasteiger partial charge is 0.312 e. The lowest BCUT2D eigenvalue weighted by molar-refractivity contribution is 0.243. The molecule has 1 aromatic rings. The molecule has 1 heterocycles. The van der Waals surface area contributed by atoms with E-state index in [2.05, 4.69) is 51.0 Å². The van der Waals surface area contributed by atoms with E-state index in [0.29, 0.717) is 6.04 Å². The average Bonchev–Trinajstić information content (AvgIpc) is 2.69. The molecule has 2 nitrogen and oxygen atoms in total. The zero-order chi connectivity index (χ0) is 13.5. The van der Waals surface area contributed by atoms with Crippen molar-refractivity contribution < 1.29 is 0 Å². The van der Waals surface area contributed by atoms with Gasteiger partial charge in [0.1, 0.15) is 0 Å². The standard InChI is InChI=1S/C15H28N2S/c1-6-8-16-10-15-9-14(13(4)18-15)11-17(5)12(3)7-2/h9,12,16H,6-8,10-11H2,1-5H3. The van der Waals surface area contributed by atoms with E-state index in [1.807, 2.05) is 11.3 Å². The molecule has 0 spiro atoms. The zero-order valence-corrected chi connectivity index (χ0v) is 13.4. The second-order valence-electron chi connectivity index (χ2n) is 5.14. The Morgan fingerprint density at radius 2 is 2.11 bits per heavy atom. The molecule has 1 atom stereocenters. The van der Waals surface area contributed by atoms with Crippen LogP contribution in [0.1, 0.15) is 48.9 Å². The van der Waals surface area contributed by atoms with Crippen LogP contribution in [-0.4, -0.2) is 24.5 Å². The highest BCUT2D eigenvalue weighted by atomic mass is 32.1. The predicted octanol–water partition coefficient (Wildman–Crippen LogP) is 3.79. The normalized spacial score (nSPS) is 13.2. The third kappa shape index (κ3) is 4.71. The van der Waals surface area contributed by atoms with E-state index in [-0.39, 0.29) is 0 Å². The molecule has 0 saturated carbocycles. The maximum Gasteiger partial charge on any atom is 0.0299 e. The van der Waals surface area contributed by atoms with Crippen molar-refractivity contribution >= 4 is 11.3 Å². The molecule has 0 saturated heterocycles. The molecule has 104 valence electrons. The van der Waals surface area contributed by atoms with Gasteiger partial charge in [0.25, 0.3) is 0 Å². The molecule has 1 rings (SSSR count). The van der Waals surface area contributed by atoms with E-state index in [4.69, 9.17) is 0 Å². The van der Waals surface area contributed by atoms with E-state index >= 15 is 0 Å². The van der Waals surface area contributed by atoms with Crippen molar-refractivity contribution in [1.82, 2.24) is 10.2 Å². The number of aryl methyl sites for hydroxylation is 1. The number of nitrogens with zero attached hydrogens (tertiary/aromatic N) is 1. The minimum Gasteiger partial charge on any atom is -0.312 e. The molecule has 18 heavy (non-hydrogen) atoms. The summed E-state index contributed by atoms with van der Waals surface area (Å²) in [6.45, 7) is 12.2. The number of thiophene rings is 1. The highest BCUT2D eigenvalue weighted by Crippen LogP contribution is 2.23. The summed E-state index contributed by atoms with van der Waals surface area (Å²) in [5.74, 6) is 0. The fraction of sp³-hybridized carbons (Fsp3) is 0.733. The van der Waals surface area contributed by atoms with Crippen LogP contribution < -0.4 is 5.32 Å². The van der Waals surface area contributed by atoms with Crippen LogP contribution in [0.15, 0.2) is 6.07 Å². The Hall–Kier alpha value is -0.380. The third-order valence-electron chi connectivity index (χ3n) is 3.56. The smallest absolute Gasteiger partial charge is 0.0299 e. The second kappa shape index (κ2) is 7.93. The summed E-state index contributed by atoms with van der Waals surface area (Å²) in [6, 6.07) is 3.03. The number of hydrogen-bond acceptors (Lipinski definition) is 3. The Labute approximate surface area is 116 Å². The van der Waals surface area contributed by atoms with Gasteiger partial charge in [0, 0.05) is 28.9 Å². The topological polar surface area (TPSA) is 15.3 Å². The van der Waals surface area contributed by atoms with Gasteiger partial charge in [-0.3, -0.25) is 4.90 Å². The SMILES string of the molecule is CCCNCc1cc(CN(C)C(C)CC)c(C)s1. The lowest BCUT2D eigenvalue weighted by Crippen LogP contribution is -2.27. The molecular weight excluding hydrogens is 240 g/mol. The minimum atomic E-state index is 0.658. The highest BCUT2D eigenvalue weighted by Gasteiger charge is 2.11. The van der Waals surface area contributed by atoms with Crippen LogP contribution in [-0.2, 0) is 13.1 Å². The molecule has 0 aliphatic rings. The van der Waals surface area contributed by atoms with Crippen LogP contribution in [0.4, 0.5) is 0 Å². The maximum atomic E-state index is 3.48. The van der Waals surface area contributed by atoms with Gasteiger partial charge in [-0.1, -0.05) is 13.8 Å². The third-order valence-corrected chi connectivity index (χ3v) is 4.65. The quantitative estimate of drug-likeness (QED) is 0.722. The van der Waals surface area contributed by atoms with Crippen molar-refractivity contribution in [2.24, 2.45) is 0 Å². The number of rotatable bonds is 8. The Bertz CT molecular complexity index is 346. The molecule has 0 aliphatic carbocycles. The first-order valence-corrected chi connectivity index (χ1v) is 7.89. The van der Waals surface area contributed by atoms with Gasteiger partial charge in [-0.2, -0.15) is 0 Å². The fourth-order valence-corrected chi connectivity index (χ4v) is 2.98. The van der Waals surface area contributed by atoms with Crippen molar-refractivity contribution in [3.8, 4) is 0 Å². The van der Waals surface area contributed by atoms with Crippen molar-refractivity contribution in [2.45, 2.75) is 59.7 Å². The molecule has 0 fully saturated rings. The van der Waals surface area contributed by atoms with E-state index in [9.17, 15) is 0 Å². The van der Waals surface area contributed by atoms with Crippen LogP contribution in [0.5, 0.6) is 0 Å². The first kappa shape index (κ1) is 15.7. The van der Waals surface area contributed by atoms with E-state index in [1.54, 1.807) is 0 Å².